The van der Waals surface area contributed by atoms with Gasteiger partial charge in [-0.3, -0.25) is 4.79 Å². The van der Waals surface area contributed by atoms with Crippen molar-refractivity contribution in [3.63, 3.8) is 0 Å². The lowest BCUT2D eigenvalue weighted by Gasteiger charge is -2.26. The molecule has 1 rings (SSSR count). The van der Waals surface area contributed by atoms with Crippen LogP contribution in [0.25, 0.3) is 0 Å². The zero-order valence-corrected chi connectivity index (χ0v) is 7.63. The number of carbonyl (C=O) groups is 1. The minimum atomic E-state index is 0.307. The molecule has 1 heterocycles. The largest absolute Gasteiger partial charge is 0.343 e. The molecule has 1 fully saturated rings. The van der Waals surface area contributed by atoms with E-state index in [-0.39, 0.29) is 0 Å². The molecule has 1 aliphatic rings. The molecule has 2 heteroatoms. The number of hydrogen-bond donors (Lipinski definition) is 0. The zero-order valence-electron chi connectivity index (χ0n) is 7.63. The Bertz CT molecular complexity index is 156. The molecule has 0 bridgehead atoms. The Morgan fingerprint density at radius 2 is 2.09 bits per heavy atom. The van der Waals surface area contributed by atoms with Crippen LogP contribution in [0.4, 0.5) is 0 Å². The van der Waals surface area contributed by atoms with Crippen molar-refractivity contribution >= 4 is 5.91 Å². The Kier molecular flexibility index (Phi) is 2.53. The molecular weight excluding hydrogens is 138 g/mol. The van der Waals surface area contributed by atoms with E-state index < -0.39 is 0 Å². The highest BCUT2D eigenvalue weighted by molar-refractivity contribution is 5.76. The van der Waals surface area contributed by atoms with Crippen LogP contribution in [0.5, 0.6) is 0 Å². The third-order valence-electron chi connectivity index (χ3n) is 2.88. The van der Waals surface area contributed by atoms with Crippen LogP contribution < -0.4 is 0 Å². The number of carbonyl (C=O) groups excluding carboxylic acids is 1. The van der Waals surface area contributed by atoms with Crippen molar-refractivity contribution in [3.8, 4) is 0 Å². The topological polar surface area (TPSA) is 20.3 Å². The van der Waals surface area contributed by atoms with Crippen LogP contribution in [0, 0.1) is 5.92 Å². The average Bonchev–Trinajstić information content (AvgIpc) is 2.07. The van der Waals surface area contributed by atoms with Crippen LogP contribution >= 0.6 is 0 Å². The summed E-state index contributed by atoms with van der Waals surface area (Å²) in [6, 6.07) is 0.421. The first-order valence-electron chi connectivity index (χ1n) is 4.38. The van der Waals surface area contributed by atoms with Crippen molar-refractivity contribution in [2.45, 2.75) is 39.2 Å². The van der Waals surface area contributed by atoms with Gasteiger partial charge in [-0.05, 0) is 25.7 Å². The Balaban J connectivity index is 2.65. The van der Waals surface area contributed by atoms with Gasteiger partial charge in [0.05, 0.1) is 0 Å². The molecule has 2 unspecified atom stereocenters. The van der Waals surface area contributed by atoms with Gasteiger partial charge in [0.25, 0.3) is 0 Å². The molecule has 0 saturated carbocycles. The highest BCUT2D eigenvalue weighted by atomic mass is 16.2. The fourth-order valence-corrected chi connectivity index (χ4v) is 1.60. The van der Waals surface area contributed by atoms with E-state index in [4.69, 9.17) is 0 Å². The molecular formula is C9H17NO. The van der Waals surface area contributed by atoms with Crippen LogP contribution in [0.3, 0.4) is 0 Å². The molecule has 0 N–H and O–H groups in total. The van der Waals surface area contributed by atoms with Crippen molar-refractivity contribution in [1.82, 2.24) is 4.90 Å². The molecule has 0 aliphatic carbocycles. The highest BCUT2D eigenvalue weighted by Gasteiger charge is 2.24. The van der Waals surface area contributed by atoms with E-state index >= 15 is 0 Å². The molecule has 64 valence electrons. The number of likely N-dealkylation sites (tertiary alicyclic amines) is 1. The van der Waals surface area contributed by atoms with Crippen LogP contribution in [0.1, 0.15) is 33.1 Å². The minimum absolute atomic E-state index is 0.307. The molecule has 0 aromatic heterocycles. The van der Waals surface area contributed by atoms with Gasteiger partial charge in [-0.1, -0.05) is 6.92 Å². The van der Waals surface area contributed by atoms with Crippen LogP contribution in [-0.2, 0) is 4.79 Å². The van der Waals surface area contributed by atoms with Gasteiger partial charge in [0.1, 0.15) is 0 Å². The Labute approximate surface area is 68.6 Å². The Morgan fingerprint density at radius 3 is 2.73 bits per heavy atom. The summed E-state index contributed by atoms with van der Waals surface area (Å²) >= 11 is 0. The summed E-state index contributed by atoms with van der Waals surface area (Å²) in [6.07, 6.45) is 3.00. The number of rotatable bonds is 0. The van der Waals surface area contributed by atoms with Gasteiger partial charge in [-0.15, -0.1) is 0 Å². The summed E-state index contributed by atoms with van der Waals surface area (Å²) in [5, 5.41) is 0. The van der Waals surface area contributed by atoms with Gasteiger partial charge < -0.3 is 4.90 Å². The maximum atomic E-state index is 11.3. The van der Waals surface area contributed by atoms with Crippen molar-refractivity contribution in [3.05, 3.63) is 0 Å². The van der Waals surface area contributed by atoms with E-state index in [2.05, 4.69) is 13.8 Å². The zero-order chi connectivity index (χ0) is 8.43. The van der Waals surface area contributed by atoms with Gasteiger partial charge in [0.2, 0.25) is 5.91 Å². The van der Waals surface area contributed by atoms with E-state index in [1.165, 1.54) is 6.42 Å². The van der Waals surface area contributed by atoms with Crippen molar-refractivity contribution in [2.75, 3.05) is 7.05 Å². The molecule has 2 nitrogen and oxygen atoms in total. The summed E-state index contributed by atoms with van der Waals surface area (Å²) in [6.45, 7) is 4.35. The normalized spacial score (nSPS) is 33.7. The number of hydrogen-bond acceptors (Lipinski definition) is 1. The molecule has 0 spiro atoms. The first-order valence-corrected chi connectivity index (χ1v) is 4.38. The van der Waals surface area contributed by atoms with Gasteiger partial charge >= 0.3 is 0 Å². The summed E-state index contributed by atoms with van der Waals surface area (Å²) in [7, 11) is 1.91. The van der Waals surface area contributed by atoms with E-state index in [1.807, 2.05) is 11.9 Å². The lowest BCUT2D eigenvalue weighted by molar-refractivity contribution is -0.131. The summed E-state index contributed by atoms with van der Waals surface area (Å²) in [5.41, 5.74) is 0. The van der Waals surface area contributed by atoms with E-state index in [0.717, 1.165) is 12.8 Å². The van der Waals surface area contributed by atoms with Crippen LogP contribution in [0.2, 0.25) is 0 Å². The van der Waals surface area contributed by atoms with Gasteiger partial charge in [-0.2, -0.15) is 0 Å². The maximum Gasteiger partial charge on any atom is 0.222 e. The molecule has 0 radical (unpaired) electrons. The summed E-state index contributed by atoms with van der Waals surface area (Å²) in [4.78, 5) is 13.2. The molecule has 1 aliphatic heterocycles. The SMILES string of the molecule is CC1CCCC(=O)N(C)C1C. The average molecular weight is 155 g/mol. The third-order valence-corrected chi connectivity index (χ3v) is 2.88. The second-order valence-electron chi connectivity index (χ2n) is 3.61. The van der Waals surface area contributed by atoms with Gasteiger partial charge in [-0.25, -0.2) is 0 Å². The van der Waals surface area contributed by atoms with Crippen LogP contribution in [-0.4, -0.2) is 23.9 Å². The fraction of sp³-hybridized carbons (Fsp3) is 0.889. The molecule has 1 saturated heterocycles. The van der Waals surface area contributed by atoms with Crippen molar-refractivity contribution in [2.24, 2.45) is 5.92 Å². The first-order chi connectivity index (χ1) is 5.13. The maximum absolute atomic E-state index is 11.3. The van der Waals surface area contributed by atoms with Gasteiger partial charge in [0, 0.05) is 19.5 Å². The second kappa shape index (κ2) is 3.24. The number of nitrogens with zero attached hydrogens (tertiary/aromatic N) is 1. The first kappa shape index (κ1) is 8.57. The molecule has 1 amide bonds. The summed E-state index contributed by atoms with van der Waals surface area (Å²) in [5.74, 6) is 0.966. The third kappa shape index (κ3) is 1.73. The van der Waals surface area contributed by atoms with E-state index in [1.54, 1.807) is 0 Å². The van der Waals surface area contributed by atoms with Crippen molar-refractivity contribution < 1.29 is 4.79 Å². The van der Waals surface area contributed by atoms with E-state index in [0.29, 0.717) is 17.9 Å². The molecule has 11 heavy (non-hydrogen) atoms. The predicted molar refractivity (Wildman–Crippen MR) is 45.2 cm³/mol. The number of amides is 1. The lowest BCUT2D eigenvalue weighted by Crippen LogP contribution is -2.36. The van der Waals surface area contributed by atoms with Crippen molar-refractivity contribution in [1.29, 1.82) is 0 Å². The van der Waals surface area contributed by atoms with E-state index in [9.17, 15) is 4.79 Å². The molecule has 0 aromatic carbocycles. The summed E-state index contributed by atoms with van der Waals surface area (Å²) < 4.78 is 0. The highest BCUT2D eigenvalue weighted by Crippen LogP contribution is 2.21. The standard InChI is InChI=1S/C9H17NO/c1-7-5-4-6-9(11)10(3)8(7)2/h7-8H,4-6H2,1-3H3. The minimum Gasteiger partial charge on any atom is -0.343 e. The molecule has 0 aromatic rings. The predicted octanol–water partition coefficient (Wildman–Crippen LogP) is 1.65. The quantitative estimate of drug-likeness (QED) is 0.521. The van der Waals surface area contributed by atoms with Crippen LogP contribution in [0.15, 0.2) is 0 Å². The lowest BCUT2D eigenvalue weighted by atomic mass is 9.99. The molecule has 2 atom stereocenters. The smallest absolute Gasteiger partial charge is 0.222 e. The monoisotopic (exact) mass is 155 g/mol. The Hall–Kier alpha value is -0.530. The Morgan fingerprint density at radius 1 is 1.45 bits per heavy atom. The second-order valence-corrected chi connectivity index (χ2v) is 3.61. The van der Waals surface area contributed by atoms with Gasteiger partial charge in [0.15, 0.2) is 0 Å². The fourth-order valence-electron chi connectivity index (χ4n) is 1.60.